The highest BCUT2D eigenvalue weighted by molar-refractivity contribution is 7.91. The lowest BCUT2D eigenvalue weighted by molar-refractivity contribution is 0.379. The SMILES string of the molecule is O=S1(=O)CCC(NC(c2ccc(Cl)cc2)C2CC2)CC1. The van der Waals surface area contributed by atoms with Gasteiger partial charge >= 0.3 is 0 Å². The highest BCUT2D eigenvalue weighted by Gasteiger charge is 2.34. The van der Waals surface area contributed by atoms with Crippen LogP contribution in [0.15, 0.2) is 24.3 Å². The van der Waals surface area contributed by atoms with Crippen molar-refractivity contribution in [3.8, 4) is 0 Å². The number of hydrogen-bond acceptors (Lipinski definition) is 3. The first kappa shape index (κ1) is 14.4. The van der Waals surface area contributed by atoms with Gasteiger partial charge in [-0.25, -0.2) is 8.42 Å². The molecule has 1 aromatic carbocycles. The molecule has 2 aliphatic rings. The van der Waals surface area contributed by atoms with Gasteiger partial charge < -0.3 is 5.32 Å². The van der Waals surface area contributed by atoms with E-state index in [1.165, 1.54) is 18.4 Å². The Morgan fingerprint density at radius 3 is 2.20 bits per heavy atom. The lowest BCUT2D eigenvalue weighted by atomic mass is 10.00. The smallest absolute Gasteiger partial charge is 0.150 e. The van der Waals surface area contributed by atoms with Gasteiger partial charge in [0.25, 0.3) is 0 Å². The number of nitrogens with one attached hydrogen (secondary N) is 1. The van der Waals surface area contributed by atoms with E-state index in [0.717, 1.165) is 17.9 Å². The van der Waals surface area contributed by atoms with Crippen LogP contribution in [0, 0.1) is 5.92 Å². The van der Waals surface area contributed by atoms with E-state index in [2.05, 4.69) is 17.4 Å². The Hall–Kier alpha value is -0.580. The zero-order valence-corrected chi connectivity index (χ0v) is 13.0. The molecule has 0 aromatic heterocycles. The van der Waals surface area contributed by atoms with Crippen LogP contribution in [0.25, 0.3) is 0 Å². The molecule has 1 saturated carbocycles. The lowest BCUT2D eigenvalue weighted by Gasteiger charge is -2.29. The van der Waals surface area contributed by atoms with Crippen LogP contribution >= 0.6 is 11.6 Å². The van der Waals surface area contributed by atoms with E-state index in [-0.39, 0.29) is 0 Å². The van der Waals surface area contributed by atoms with Crippen molar-refractivity contribution in [2.24, 2.45) is 5.92 Å². The van der Waals surface area contributed by atoms with E-state index in [4.69, 9.17) is 11.6 Å². The molecular formula is C15H20ClNO2S. The average Bonchev–Trinajstić information content (AvgIpc) is 3.23. The van der Waals surface area contributed by atoms with Crippen molar-refractivity contribution < 1.29 is 8.42 Å². The maximum atomic E-state index is 11.5. The van der Waals surface area contributed by atoms with Gasteiger partial charge in [-0.3, -0.25) is 0 Å². The van der Waals surface area contributed by atoms with E-state index in [1.807, 2.05) is 12.1 Å². The summed E-state index contributed by atoms with van der Waals surface area (Å²) in [4.78, 5) is 0. The summed E-state index contributed by atoms with van der Waals surface area (Å²) >= 11 is 5.95. The fraction of sp³-hybridized carbons (Fsp3) is 0.600. The van der Waals surface area contributed by atoms with Crippen molar-refractivity contribution in [1.82, 2.24) is 5.32 Å². The van der Waals surface area contributed by atoms with Gasteiger partial charge in [-0.1, -0.05) is 23.7 Å². The second-order valence-corrected chi connectivity index (χ2v) is 8.70. The van der Waals surface area contributed by atoms with Crippen LogP contribution in [-0.2, 0) is 9.84 Å². The minimum Gasteiger partial charge on any atom is -0.307 e. The Morgan fingerprint density at radius 1 is 1.05 bits per heavy atom. The number of benzene rings is 1. The van der Waals surface area contributed by atoms with Gasteiger partial charge in [-0.05, 0) is 49.3 Å². The van der Waals surface area contributed by atoms with Crippen molar-refractivity contribution >= 4 is 21.4 Å². The van der Waals surface area contributed by atoms with Crippen LogP contribution in [0.1, 0.15) is 37.3 Å². The first-order valence-corrected chi connectivity index (χ1v) is 9.45. The van der Waals surface area contributed by atoms with Crippen molar-refractivity contribution in [3.63, 3.8) is 0 Å². The maximum absolute atomic E-state index is 11.5. The lowest BCUT2D eigenvalue weighted by Crippen LogP contribution is -2.40. The molecule has 20 heavy (non-hydrogen) atoms. The standard InChI is InChI=1S/C15H20ClNO2S/c16-13-5-3-12(4-6-13)15(11-1-2-11)17-14-7-9-20(18,19)10-8-14/h3-6,11,14-15,17H,1-2,7-10H2. The first-order valence-electron chi connectivity index (χ1n) is 7.25. The monoisotopic (exact) mass is 313 g/mol. The van der Waals surface area contributed by atoms with Gasteiger partial charge in [0.05, 0.1) is 11.5 Å². The number of sulfone groups is 1. The molecule has 0 radical (unpaired) electrons. The molecule has 0 amide bonds. The van der Waals surface area contributed by atoms with Gasteiger partial charge in [0, 0.05) is 17.1 Å². The molecule has 0 spiro atoms. The molecule has 0 bridgehead atoms. The average molecular weight is 314 g/mol. The van der Waals surface area contributed by atoms with E-state index in [9.17, 15) is 8.42 Å². The predicted molar refractivity (Wildman–Crippen MR) is 81.7 cm³/mol. The molecule has 110 valence electrons. The molecule has 1 atom stereocenters. The maximum Gasteiger partial charge on any atom is 0.150 e. The first-order chi connectivity index (χ1) is 9.53. The van der Waals surface area contributed by atoms with Gasteiger partial charge in [0.15, 0.2) is 0 Å². The molecule has 5 heteroatoms. The van der Waals surface area contributed by atoms with E-state index >= 15 is 0 Å². The zero-order valence-electron chi connectivity index (χ0n) is 11.4. The summed E-state index contributed by atoms with van der Waals surface area (Å²) in [5.41, 5.74) is 1.27. The third kappa shape index (κ3) is 3.54. The minimum absolute atomic E-state index is 0.319. The Balaban J connectivity index is 1.68. The number of rotatable bonds is 4. The molecule has 3 nitrogen and oxygen atoms in total. The van der Waals surface area contributed by atoms with E-state index in [0.29, 0.717) is 29.5 Å². The summed E-state index contributed by atoms with van der Waals surface area (Å²) in [6.07, 6.45) is 3.98. The Labute approximate surface area is 125 Å². The summed E-state index contributed by atoms with van der Waals surface area (Å²) in [5.74, 6) is 1.33. The van der Waals surface area contributed by atoms with Crippen LogP contribution in [0.5, 0.6) is 0 Å². The summed E-state index contributed by atoms with van der Waals surface area (Å²) in [5, 5.41) is 4.44. The fourth-order valence-corrected chi connectivity index (χ4v) is 4.53. The normalized spacial score (nSPS) is 24.4. The Kier molecular flexibility index (Phi) is 4.07. The topological polar surface area (TPSA) is 46.2 Å². The molecule has 3 rings (SSSR count). The van der Waals surface area contributed by atoms with Crippen molar-refractivity contribution in [3.05, 3.63) is 34.9 Å². The Bertz CT molecular complexity index is 552. The van der Waals surface area contributed by atoms with Crippen molar-refractivity contribution in [2.45, 2.75) is 37.8 Å². The molecule has 2 fully saturated rings. The number of hydrogen-bond donors (Lipinski definition) is 1. The second kappa shape index (κ2) is 5.66. The summed E-state index contributed by atoms with van der Waals surface area (Å²) in [7, 11) is -2.78. The van der Waals surface area contributed by atoms with E-state index in [1.54, 1.807) is 0 Å². The molecule has 1 aliphatic carbocycles. The highest BCUT2D eigenvalue weighted by Crippen LogP contribution is 2.41. The molecule has 1 N–H and O–H groups in total. The highest BCUT2D eigenvalue weighted by atomic mass is 35.5. The Morgan fingerprint density at radius 2 is 1.65 bits per heavy atom. The van der Waals surface area contributed by atoms with Gasteiger partial charge in [-0.15, -0.1) is 0 Å². The van der Waals surface area contributed by atoms with Crippen LogP contribution in [-0.4, -0.2) is 26.0 Å². The molecule has 1 aliphatic heterocycles. The van der Waals surface area contributed by atoms with Crippen LogP contribution in [0.3, 0.4) is 0 Å². The minimum atomic E-state index is -2.78. The van der Waals surface area contributed by atoms with E-state index < -0.39 is 9.84 Å². The third-order valence-corrected chi connectivity index (χ3v) is 6.26. The van der Waals surface area contributed by atoms with Crippen LogP contribution in [0.4, 0.5) is 0 Å². The molecular weight excluding hydrogens is 294 g/mol. The van der Waals surface area contributed by atoms with Gasteiger partial charge in [0.2, 0.25) is 0 Å². The largest absolute Gasteiger partial charge is 0.307 e. The van der Waals surface area contributed by atoms with Crippen molar-refractivity contribution in [1.29, 1.82) is 0 Å². The third-order valence-electron chi connectivity index (χ3n) is 4.29. The van der Waals surface area contributed by atoms with Gasteiger partial charge in [0.1, 0.15) is 9.84 Å². The quantitative estimate of drug-likeness (QED) is 0.929. The molecule has 1 unspecified atom stereocenters. The van der Waals surface area contributed by atoms with Crippen LogP contribution < -0.4 is 5.32 Å². The summed E-state index contributed by atoms with van der Waals surface area (Å²) < 4.78 is 23.0. The summed E-state index contributed by atoms with van der Waals surface area (Å²) in [6, 6.07) is 8.69. The second-order valence-electron chi connectivity index (χ2n) is 5.96. The van der Waals surface area contributed by atoms with Gasteiger partial charge in [-0.2, -0.15) is 0 Å². The molecule has 1 saturated heterocycles. The summed E-state index contributed by atoms with van der Waals surface area (Å²) in [6.45, 7) is 0. The molecule has 1 aromatic rings. The molecule has 1 heterocycles. The predicted octanol–water partition coefficient (Wildman–Crippen LogP) is 2.96. The van der Waals surface area contributed by atoms with Crippen LogP contribution in [0.2, 0.25) is 5.02 Å². The number of halogens is 1. The van der Waals surface area contributed by atoms with Crippen molar-refractivity contribution in [2.75, 3.05) is 11.5 Å². The fourth-order valence-electron chi connectivity index (χ4n) is 2.91. The zero-order chi connectivity index (χ0) is 14.2.